The quantitative estimate of drug-likeness (QED) is 0.842. The standard InChI is InChI=1S/C14H15NO4/c1-3-19-13(18)14(2)9-11(16)12(17)15(14)10-7-5-4-6-8-10/h4-9,16H,3H2,1-2H3. The van der Waals surface area contributed by atoms with Crippen molar-refractivity contribution in [1.29, 1.82) is 0 Å². The highest BCUT2D eigenvalue weighted by molar-refractivity contribution is 6.14. The molecule has 1 unspecified atom stereocenters. The summed E-state index contributed by atoms with van der Waals surface area (Å²) in [6.45, 7) is 3.44. The Hall–Kier alpha value is -2.30. The molecule has 0 aromatic heterocycles. The van der Waals surface area contributed by atoms with Crippen molar-refractivity contribution < 1.29 is 19.4 Å². The van der Waals surface area contributed by atoms with E-state index in [4.69, 9.17) is 4.74 Å². The van der Waals surface area contributed by atoms with Crippen LogP contribution in [0.3, 0.4) is 0 Å². The number of benzene rings is 1. The van der Waals surface area contributed by atoms with Gasteiger partial charge in [-0.05, 0) is 26.0 Å². The number of carbonyl (C=O) groups excluding carboxylic acids is 2. The van der Waals surface area contributed by atoms with E-state index in [-0.39, 0.29) is 6.61 Å². The van der Waals surface area contributed by atoms with E-state index < -0.39 is 23.2 Å². The first-order chi connectivity index (χ1) is 9.00. The Labute approximate surface area is 111 Å². The zero-order valence-corrected chi connectivity index (χ0v) is 10.8. The highest BCUT2D eigenvalue weighted by Crippen LogP contribution is 2.33. The van der Waals surface area contributed by atoms with Crippen molar-refractivity contribution in [3.8, 4) is 0 Å². The van der Waals surface area contributed by atoms with Gasteiger partial charge in [0, 0.05) is 11.8 Å². The minimum Gasteiger partial charge on any atom is -0.503 e. The number of esters is 1. The molecule has 1 amide bonds. The summed E-state index contributed by atoms with van der Waals surface area (Å²) < 4.78 is 4.99. The van der Waals surface area contributed by atoms with Gasteiger partial charge < -0.3 is 9.84 Å². The lowest BCUT2D eigenvalue weighted by atomic mass is 10.0. The van der Waals surface area contributed by atoms with Crippen LogP contribution in [0, 0.1) is 0 Å². The maximum Gasteiger partial charge on any atom is 0.336 e. The van der Waals surface area contributed by atoms with Crippen LogP contribution in [0.15, 0.2) is 42.2 Å². The number of aliphatic hydroxyl groups is 1. The van der Waals surface area contributed by atoms with Gasteiger partial charge in [-0.2, -0.15) is 0 Å². The monoisotopic (exact) mass is 261 g/mol. The molecule has 100 valence electrons. The Balaban J connectivity index is 2.46. The van der Waals surface area contributed by atoms with E-state index in [9.17, 15) is 14.7 Å². The average molecular weight is 261 g/mol. The van der Waals surface area contributed by atoms with E-state index in [1.54, 1.807) is 44.2 Å². The molecule has 5 heteroatoms. The van der Waals surface area contributed by atoms with E-state index in [1.807, 2.05) is 0 Å². The Morgan fingerprint density at radius 3 is 2.58 bits per heavy atom. The molecule has 2 rings (SSSR count). The van der Waals surface area contributed by atoms with Crippen molar-refractivity contribution in [2.45, 2.75) is 19.4 Å². The fourth-order valence-electron chi connectivity index (χ4n) is 2.11. The van der Waals surface area contributed by atoms with Gasteiger partial charge in [-0.15, -0.1) is 0 Å². The molecule has 1 heterocycles. The van der Waals surface area contributed by atoms with E-state index in [2.05, 4.69) is 0 Å². The van der Waals surface area contributed by atoms with Crippen LogP contribution in [0.2, 0.25) is 0 Å². The Bertz CT molecular complexity index is 538. The fraction of sp³-hybridized carbons (Fsp3) is 0.286. The van der Waals surface area contributed by atoms with Gasteiger partial charge in [-0.1, -0.05) is 18.2 Å². The van der Waals surface area contributed by atoms with E-state index in [0.29, 0.717) is 5.69 Å². The lowest BCUT2D eigenvalue weighted by Crippen LogP contribution is -2.51. The fourth-order valence-corrected chi connectivity index (χ4v) is 2.11. The summed E-state index contributed by atoms with van der Waals surface area (Å²) in [5, 5.41) is 9.64. The van der Waals surface area contributed by atoms with Gasteiger partial charge >= 0.3 is 5.97 Å². The van der Waals surface area contributed by atoms with Crippen molar-refractivity contribution in [2.24, 2.45) is 0 Å². The second-order valence-electron chi connectivity index (χ2n) is 4.37. The molecular weight excluding hydrogens is 246 g/mol. The van der Waals surface area contributed by atoms with Gasteiger partial charge in [-0.25, -0.2) is 4.79 Å². The highest BCUT2D eigenvalue weighted by Gasteiger charge is 2.49. The average Bonchev–Trinajstić information content (AvgIpc) is 2.63. The van der Waals surface area contributed by atoms with Gasteiger partial charge in [0.2, 0.25) is 0 Å². The van der Waals surface area contributed by atoms with Gasteiger partial charge in [-0.3, -0.25) is 9.69 Å². The van der Waals surface area contributed by atoms with Crippen LogP contribution in [0.1, 0.15) is 13.8 Å². The molecule has 5 nitrogen and oxygen atoms in total. The summed E-state index contributed by atoms with van der Waals surface area (Å²) >= 11 is 0. The maximum absolute atomic E-state index is 12.1. The number of ether oxygens (including phenoxy) is 1. The number of hydrogen-bond acceptors (Lipinski definition) is 4. The number of hydrogen-bond donors (Lipinski definition) is 1. The maximum atomic E-state index is 12.1. The summed E-state index contributed by atoms with van der Waals surface area (Å²) in [5.74, 6) is -1.63. The molecule has 1 atom stereocenters. The van der Waals surface area contributed by atoms with Crippen molar-refractivity contribution >= 4 is 17.6 Å². The van der Waals surface area contributed by atoms with Crippen molar-refractivity contribution in [1.82, 2.24) is 0 Å². The third-order valence-corrected chi connectivity index (χ3v) is 3.01. The molecule has 0 saturated heterocycles. The summed E-state index contributed by atoms with van der Waals surface area (Å²) in [6, 6.07) is 8.70. The second-order valence-corrected chi connectivity index (χ2v) is 4.37. The molecule has 0 radical (unpaired) electrons. The van der Waals surface area contributed by atoms with Gasteiger partial charge in [0.05, 0.1) is 6.61 Å². The molecule has 1 aliphatic heterocycles. The van der Waals surface area contributed by atoms with Crippen molar-refractivity contribution in [3.05, 3.63) is 42.2 Å². The number of carbonyl (C=O) groups is 2. The zero-order valence-electron chi connectivity index (χ0n) is 10.8. The normalized spacial score (nSPS) is 22.3. The first-order valence-electron chi connectivity index (χ1n) is 5.99. The highest BCUT2D eigenvalue weighted by atomic mass is 16.5. The summed E-state index contributed by atoms with van der Waals surface area (Å²) in [4.78, 5) is 25.3. The van der Waals surface area contributed by atoms with Crippen LogP contribution in [0.25, 0.3) is 0 Å². The second kappa shape index (κ2) is 4.76. The molecule has 1 N–H and O–H groups in total. The largest absolute Gasteiger partial charge is 0.503 e. The molecule has 1 aromatic rings. The molecule has 0 fully saturated rings. The van der Waals surface area contributed by atoms with Crippen LogP contribution < -0.4 is 4.90 Å². The third kappa shape index (κ3) is 2.07. The topological polar surface area (TPSA) is 66.8 Å². The molecule has 0 spiro atoms. The number of anilines is 1. The van der Waals surface area contributed by atoms with E-state index in [0.717, 1.165) is 0 Å². The number of rotatable bonds is 3. The first-order valence-corrected chi connectivity index (χ1v) is 5.99. The number of aliphatic hydroxyl groups excluding tert-OH is 1. The SMILES string of the molecule is CCOC(=O)C1(C)C=C(O)C(=O)N1c1ccccc1. The summed E-state index contributed by atoms with van der Waals surface area (Å²) in [6.07, 6.45) is 1.22. The Morgan fingerprint density at radius 1 is 1.37 bits per heavy atom. The molecule has 0 aliphatic carbocycles. The number of nitrogens with zero attached hydrogens (tertiary/aromatic N) is 1. The number of para-hydroxylation sites is 1. The van der Waals surface area contributed by atoms with Crippen LogP contribution >= 0.6 is 0 Å². The van der Waals surface area contributed by atoms with E-state index >= 15 is 0 Å². The van der Waals surface area contributed by atoms with Gasteiger partial charge in [0.25, 0.3) is 5.91 Å². The number of amides is 1. The summed E-state index contributed by atoms with van der Waals surface area (Å²) in [5.41, 5.74) is -0.790. The molecule has 1 aromatic carbocycles. The van der Waals surface area contributed by atoms with Gasteiger partial charge in [0.1, 0.15) is 0 Å². The zero-order chi connectivity index (χ0) is 14.0. The lowest BCUT2D eigenvalue weighted by Gasteiger charge is -2.31. The Morgan fingerprint density at radius 2 is 2.00 bits per heavy atom. The minimum absolute atomic E-state index is 0.208. The van der Waals surface area contributed by atoms with Crippen LogP contribution in [0.4, 0.5) is 5.69 Å². The molecular formula is C14H15NO4. The minimum atomic E-state index is -1.32. The smallest absolute Gasteiger partial charge is 0.336 e. The Kier molecular flexibility index (Phi) is 3.29. The van der Waals surface area contributed by atoms with Crippen LogP contribution in [0.5, 0.6) is 0 Å². The summed E-state index contributed by atoms with van der Waals surface area (Å²) in [7, 11) is 0. The predicted molar refractivity (Wildman–Crippen MR) is 69.7 cm³/mol. The van der Waals surface area contributed by atoms with Crippen LogP contribution in [-0.4, -0.2) is 29.1 Å². The van der Waals surface area contributed by atoms with Crippen LogP contribution in [-0.2, 0) is 14.3 Å². The lowest BCUT2D eigenvalue weighted by molar-refractivity contribution is -0.147. The van der Waals surface area contributed by atoms with Crippen molar-refractivity contribution in [3.63, 3.8) is 0 Å². The molecule has 1 aliphatic rings. The van der Waals surface area contributed by atoms with Crippen molar-refractivity contribution in [2.75, 3.05) is 11.5 Å². The molecule has 19 heavy (non-hydrogen) atoms. The van der Waals surface area contributed by atoms with E-state index in [1.165, 1.54) is 11.0 Å². The van der Waals surface area contributed by atoms with Gasteiger partial charge in [0.15, 0.2) is 11.3 Å². The third-order valence-electron chi connectivity index (χ3n) is 3.01. The molecule has 0 bridgehead atoms. The predicted octanol–water partition coefficient (Wildman–Crippen LogP) is 1.80. The molecule has 0 saturated carbocycles. The first kappa shape index (κ1) is 13.1.